The highest BCUT2D eigenvalue weighted by Crippen LogP contribution is 2.10. The number of nitrogens with one attached hydrogen (secondary N) is 2. The van der Waals surface area contributed by atoms with Gasteiger partial charge in [0.2, 0.25) is 11.8 Å². The number of carbonyl (C=O) groups excluding carboxylic acids is 4. The molecule has 0 aromatic rings. The van der Waals surface area contributed by atoms with Gasteiger partial charge >= 0.3 is 11.9 Å². The van der Waals surface area contributed by atoms with Crippen LogP contribution in [0.25, 0.3) is 0 Å². The molecule has 0 aliphatic rings. The lowest BCUT2D eigenvalue weighted by atomic mass is 10.0. The Bertz CT molecular complexity index is 596. The van der Waals surface area contributed by atoms with Gasteiger partial charge in [-0.3, -0.25) is 9.59 Å². The molecule has 2 atom stereocenters. The van der Waals surface area contributed by atoms with E-state index in [2.05, 4.69) is 24.5 Å². The Balaban J connectivity index is 4.34. The molecule has 8 nitrogen and oxygen atoms in total. The van der Waals surface area contributed by atoms with E-state index < -0.39 is 24.0 Å². The molecule has 0 heterocycles. The molecule has 0 aliphatic carbocycles. The molecule has 0 saturated carbocycles. The Labute approximate surface area is 225 Å². The van der Waals surface area contributed by atoms with Gasteiger partial charge in [0.05, 0.1) is 13.2 Å². The lowest BCUT2D eigenvalue weighted by Gasteiger charge is -2.22. The molecule has 0 radical (unpaired) electrons. The van der Waals surface area contributed by atoms with Crippen LogP contribution in [0.4, 0.5) is 0 Å². The summed E-state index contributed by atoms with van der Waals surface area (Å²) < 4.78 is 10.7. The zero-order valence-electron chi connectivity index (χ0n) is 24.4. The van der Waals surface area contributed by atoms with Gasteiger partial charge in [-0.05, 0) is 24.7 Å². The lowest BCUT2D eigenvalue weighted by Crippen LogP contribution is -2.45. The minimum Gasteiger partial charge on any atom is -0.464 e. The maximum atomic E-state index is 12.5. The summed E-state index contributed by atoms with van der Waals surface area (Å²) in [6.07, 6.45) is 11.7. The molecule has 0 rings (SSSR count). The van der Waals surface area contributed by atoms with Crippen molar-refractivity contribution in [3.05, 3.63) is 0 Å². The fourth-order valence-electron chi connectivity index (χ4n) is 3.85. The van der Waals surface area contributed by atoms with E-state index in [1.807, 2.05) is 27.7 Å². The van der Waals surface area contributed by atoms with E-state index in [0.717, 1.165) is 51.4 Å². The average Bonchev–Trinajstić information content (AvgIpc) is 2.84. The quantitative estimate of drug-likeness (QED) is 0.143. The highest BCUT2D eigenvalue weighted by atomic mass is 16.5. The molecule has 0 spiro atoms. The number of carbonyl (C=O) groups is 4. The monoisotopic (exact) mass is 526 g/mol. The van der Waals surface area contributed by atoms with Crippen LogP contribution in [0.15, 0.2) is 0 Å². The van der Waals surface area contributed by atoms with Crippen LogP contribution < -0.4 is 10.6 Å². The van der Waals surface area contributed by atoms with Crippen LogP contribution in [0.3, 0.4) is 0 Å². The van der Waals surface area contributed by atoms with Crippen LogP contribution in [0.1, 0.15) is 125 Å². The first-order chi connectivity index (χ1) is 17.6. The second-order valence-electron chi connectivity index (χ2n) is 10.6. The first-order valence-corrected chi connectivity index (χ1v) is 14.6. The van der Waals surface area contributed by atoms with Crippen molar-refractivity contribution in [2.45, 2.75) is 137 Å². The van der Waals surface area contributed by atoms with Crippen LogP contribution in [-0.4, -0.2) is 49.1 Å². The van der Waals surface area contributed by atoms with Crippen LogP contribution >= 0.6 is 0 Å². The Morgan fingerprint density at radius 1 is 0.541 bits per heavy atom. The first-order valence-electron chi connectivity index (χ1n) is 14.6. The highest BCUT2D eigenvalue weighted by molar-refractivity contribution is 5.85. The second kappa shape index (κ2) is 21.9. The molecular formula is C29H54N2O6. The number of hydrogen-bond acceptors (Lipinski definition) is 6. The van der Waals surface area contributed by atoms with Gasteiger partial charge in [0.1, 0.15) is 12.1 Å². The predicted molar refractivity (Wildman–Crippen MR) is 147 cm³/mol. The van der Waals surface area contributed by atoms with Gasteiger partial charge in [0.15, 0.2) is 0 Å². The summed E-state index contributed by atoms with van der Waals surface area (Å²) in [5.74, 6) is -1.43. The second-order valence-corrected chi connectivity index (χ2v) is 10.6. The molecule has 216 valence electrons. The molecule has 0 aliphatic heterocycles. The van der Waals surface area contributed by atoms with Crippen molar-refractivity contribution in [1.29, 1.82) is 0 Å². The summed E-state index contributed by atoms with van der Waals surface area (Å²) in [5, 5.41) is 5.59. The minimum absolute atomic E-state index is 0.0820. The van der Waals surface area contributed by atoms with E-state index in [1.54, 1.807) is 0 Å². The van der Waals surface area contributed by atoms with Crippen molar-refractivity contribution in [2.75, 3.05) is 13.2 Å². The zero-order valence-corrected chi connectivity index (χ0v) is 24.4. The topological polar surface area (TPSA) is 111 Å². The summed E-state index contributed by atoms with van der Waals surface area (Å²) in [6, 6.07) is -1.40. The van der Waals surface area contributed by atoms with Crippen molar-refractivity contribution < 1.29 is 28.7 Å². The SMILES string of the molecule is CCCCCCCC(=O)NC(C(=O)OCCCOC(=O)C(NC(=O)CCCCCCC)C(C)C)C(C)C. The van der Waals surface area contributed by atoms with Crippen LogP contribution in [-0.2, 0) is 28.7 Å². The van der Waals surface area contributed by atoms with Crippen molar-refractivity contribution >= 4 is 23.8 Å². The smallest absolute Gasteiger partial charge is 0.328 e. The highest BCUT2D eigenvalue weighted by Gasteiger charge is 2.27. The van der Waals surface area contributed by atoms with Crippen LogP contribution in [0.2, 0.25) is 0 Å². The Morgan fingerprint density at radius 2 is 0.892 bits per heavy atom. The van der Waals surface area contributed by atoms with E-state index in [9.17, 15) is 19.2 Å². The van der Waals surface area contributed by atoms with Crippen molar-refractivity contribution in [3.63, 3.8) is 0 Å². The molecule has 2 unspecified atom stereocenters. The van der Waals surface area contributed by atoms with Gasteiger partial charge in [0.25, 0.3) is 0 Å². The number of esters is 2. The maximum absolute atomic E-state index is 12.5. The lowest BCUT2D eigenvalue weighted by molar-refractivity contribution is -0.152. The van der Waals surface area contributed by atoms with Gasteiger partial charge in [-0.15, -0.1) is 0 Å². The molecule has 0 saturated heterocycles. The third kappa shape index (κ3) is 17.9. The van der Waals surface area contributed by atoms with Crippen LogP contribution in [0.5, 0.6) is 0 Å². The van der Waals surface area contributed by atoms with Gasteiger partial charge in [-0.2, -0.15) is 0 Å². The van der Waals surface area contributed by atoms with E-state index >= 15 is 0 Å². The zero-order chi connectivity index (χ0) is 28.1. The fraction of sp³-hybridized carbons (Fsp3) is 0.862. The van der Waals surface area contributed by atoms with Crippen LogP contribution in [0, 0.1) is 11.8 Å². The summed E-state index contributed by atoms with van der Waals surface area (Å²) >= 11 is 0. The molecule has 8 heteroatoms. The van der Waals surface area contributed by atoms with Gasteiger partial charge in [-0.1, -0.05) is 92.9 Å². The van der Waals surface area contributed by atoms with Crippen molar-refractivity contribution in [3.8, 4) is 0 Å². The molecule has 0 aromatic heterocycles. The average molecular weight is 527 g/mol. The molecule has 2 amide bonds. The molecule has 0 fully saturated rings. The normalized spacial score (nSPS) is 12.8. The van der Waals surface area contributed by atoms with Gasteiger partial charge in [0, 0.05) is 19.3 Å². The molecule has 2 N–H and O–H groups in total. The largest absolute Gasteiger partial charge is 0.464 e. The van der Waals surface area contributed by atoms with Crippen molar-refractivity contribution in [1.82, 2.24) is 10.6 Å². The molecule has 0 aromatic carbocycles. The molecular weight excluding hydrogens is 472 g/mol. The maximum Gasteiger partial charge on any atom is 0.328 e. The van der Waals surface area contributed by atoms with E-state index in [0.29, 0.717) is 19.3 Å². The summed E-state index contributed by atoms with van der Waals surface area (Å²) in [7, 11) is 0. The number of amides is 2. The number of ether oxygens (including phenoxy) is 2. The number of hydrogen-bond donors (Lipinski definition) is 2. The summed E-state index contributed by atoms with van der Waals surface area (Å²) in [5.41, 5.74) is 0. The van der Waals surface area contributed by atoms with Crippen molar-refractivity contribution in [2.24, 2.45) is 11.8 Å². The number of unbranched alkanes of at least 4 members (excludes halogenated alkanes) is 8. The number of rotatable bonds is 22. The standard InChI is InChI=1S/C29H54N2O6/c1-7-9-11-13-15-18-24(32)30-26(22(3)4)28(34)36-20-17-21-37-29(35)27(23(5)6)31-25(33)19-16-14-12-10-8-2/h22-23,26-27H,7-21H2,1-6H3,(H,30,32)(H,31,33). The Morgan fingerprint density at radius 3 is 1.22 bits per heavy atom. The minimum atomic E-state index is -0.701. The predicted octanol–water partition coefficient (Wildman–Crippen LogP) is 5.47. The molecule has 37 heavy (non-hydrogen) atoms. The summed E-state index contributed by atoms with van der Waals surface area (Å²) in [6.45, 7) is 11.9. The Hall–Kier alpha value is -2.12. The third-order valence-electron chi connectivity index (χ3n) is 6.27. The fourth-order valence-corrected chi connectivity index (χ4v) is 3.85. The van der Waals surface area contributed by atoms with Gasteiger partial charge in [-0.25, -0.2) is 9.59 Å². The Kier molecular flexibility index (Phi) is 20.7. The van der Waals surface area contributed by atoms with E-state index in [1.165, 1.54) is 12.8 Å². The third-order valence-corrected chi connectivity index (χ3v) is 6.27. The van der Waals surface area contributed by atoms with E-state index in [4.69, 9.17) is 9.47 Å². The summed E-state index contributed by atoms with van der Waals surface area (Å²) in [4.78, 5) is 49.5. The molecule has 0 bridgehead atoms. The first kappa shape index (κ1) is 34.9. The van der Waals surface area contributed by atoms with Gasteiger partial charge < -0.3 is 20.1 Å². The van der Waals surface area contributed by atoms with E-state index in [-0.39, 0.29) is 36.9 Å².